The second kappa shape index (κ2) is 3.44. The van der Waals surface area contributed by atoms with Gasteiger partial charge in [0.1, 0.15) is 5.15 Å². The highest BCUT2D eigenvalue weighted by Crippen LogP contribution is 2.45. The molecule has 1 nitrogen and oxygen atoms in total. The first-order valence-electron chi connectivity index (χ1n) is 2.30. The average Bonchev–Trinajstić information content (AvgIpc) is 2.08. The minimum Gasteiger partial charge on any atom is -0.213 e. The summed E-state index contributed by atoms with van der Waals surface area (Å²) in [6, 6.07) is 0. The molecule has 0 atom stereocenters. The van der Waals surface area contributed by atoms with Crippen molar-refractivity contribution in [1.82, 2.24) is 4.98 Å². The number of nitrogens with zero attached hydrogens (tertiary/aromatic N) is 1. The molecule has 0 spiro atoms. The fourth-order valence-electron chi connectivity index (χ4n) is 0.452. The molecule has 0 bridgehead atoms. The van der Waals surface area contributed by atoms with Gasteiger partial charge in [-0.3, -0.25) is 0 Å². The Morgan fingerprint density at radius 2 is 1.73 bits per heavy atom. The summed E-state index contributed by atoms with van der Waals surface area (Å²) in [5, 5.41) is 0.139. The van der Waals surface area contributed by atoms with Crippen molar-refractivity contribution in [3.05, 3.63) is 14.5 Å². The Balaban J connectivity index is 3.13. The largest absolute Gasteiger partial charge is 0.228 e. The molecular formula is C4Cl5NS. The number of hydrogen-bond donors (Lipinski definition) is 0. The van der Waals surface area contributed by atoms with Gasteiger partial charge >= 0.3 is 0 Å². The number of rotatable bonds is 0. The molecule has 7 heteroatoms. The Bertz CT molecular complexity index is 264. The summed E-state index contributed by atoms with van der Waals surface area (Å²) in [7, 11) is 0. The molecule has 0 aliphatic heterocycles. The van der Waals surface area contributed by atoms with E-state index in [1.54, 1.807) is 0 Å². The van der Waals surface area contributed by atoms with Crippen LogP contribution >= 0.6 is 69.3 Å². The van der Waals surface area contributed by atoms with Crippen molar-refractivity contribution in [3.63, 3.8) is 0 Å². The van der Waals surface area contributed by atoms with Gasteiger partial charge in [-0.25, -0.2) is 4.98 Å². The van der Waals surface area contributed by atoms with Crippen LogP contribution in [0.3, 0.4) is 0 Å². The van der Waals surface area contributed by atoms with Crippen LogP contribution in [0.5, 0.6) is 0 Å². The molecule has 1 aromatic heterocycles. The van der Waals surface area contributed by atoms with Crippen molar-refractivity contribution in [1.29, 1.82) is 0 Å². The van der Waals surface area contributed by atoms with Gasteiger partial charge in [-0.15, -0.1) is 11.3 Å². The first kappa shape index (κ1) is 10.2. The molecule has 0 fully saturated rings. The predicted octanol–water partition coefficient (Wildman–Crippen LogP) is 4.28. The van der Waals surface area contributed by atoms with Gasteiger partial charge in [-0.1, -0.05) is 58.0 Å². The quantitative estimate of drug-likeness (QED) is 0.642. The molecule has 0 unspecified atom stereocenters. The van der Waals surface area contributed by atoms with E-state index >= 15 is 0 Å². The van der Waals surface area contributed by atoms with Crippen molar-refractivity contribution in [2.75, 3.05) is 0 Å². The van der Waals surface area contributed by atoms with Crippen molar-refractivity contribution < 1.29 is 0 Å². The van der Waals surface area contributed by atoms with E-state index in [4.69, 9.17) is 58.0 Å². The van der Waals surface area contributed by atoms with E-state index in [1.807, 2.05) is 0 Å². The molecule has 1 rings (SSSR count). The second-order valence-corrected chi connectivity index (χ2v) is 5.80. The molecular weight excluding hydrogens is 271 g/mol. The summed E-state index contributed by atoms with van der Waals surface area (Å²) in [6.07, 6.45) is 0. The molecule has 0 amide bonds. The van der Waals surface area contributed by atoms with Crippen LogP contribution in [0.25, 0.3) is 0 Å². The lowest BCUT2D eigenvalue weighted by atomic mass is 10.6. The molecule has 0 aliphatic carbocycles. The summed E-state index contributed by atoms with van der Waals surface area (Å²) in [6.45, 7) is 0. The van der Waals surface area contributed by atoms with Gasteiger partial charge in [0.25, 0.3) is 0 Å². The monoisotopic (exact) mass is 269 g/mol. The fourth-order valence-corrected chi connectivity index (χ4v) is 2.51. The van der Waals surface area contributed by atoms with E-state index < -0.39 is 3.79 Å². The Kier molecular flexibility index (Phi) is 3.18. The molecule has 0 aromatic carbocycles. The Hall–Kier alpha value is 1.08. The van der Waals surface area contributed by atoms with Gasteiger partial charge in [-0.2, -0.15) is 0 Å². The van der Waals surface area contributed by atoms with Crippen molar-refractivity contribution >= 4 is 69.3 Å². The predicted molar refractivity (Wildman–Crippen MR) is 51.4 cm³/mol. The molecule has 0 N–H and O–H groups in total. The smallest absolute Gasteiger partial charge is 0.213 e. The zero-order valence-electron chi connectivity index (χ0n) is 4.75. The van der Waals surface area contributed by atoms with Gasteiger partial charge in [0, 0.05) is 0 Å². The van der Waals surface area contributed by atoms with E-state index in [2.05, 4.69) is 4.98 Å². The van der Waals surface area contributed by atoms with Gasteiger partial charge in [0.15, 0.2) is 4.47 Å². The highest BCUT2D eigenvalue weighted by Gasteiger charge is 2.29. The molecule has 0 saturated heterocycles. The standard InChI is InChI=1S/C4Cl5NS/c5-2-1(4(7,8)9)11-3(6)10-2. The highest BCUT2D eigenvalue weighted by atomic mass is 35.6. The lowest BCUT2D eigenvalue weighted by Crippen LogP contribution is -1.96. The van der Waals surface area contributed by atoms with Crippen molar-refractivity contribution in [2.24, 2.45) is 0 Å². The maximum absolute atomic E-state index is 5.59. The van der Waals surface area contributed by atoms with Gasteiger partial charge < -0.3 is 0 Å². The van der Waals surface area contributed by atoms with Crippen LogP contribution in [0.2, 0.25) is 9.62 Å². The van der Waals surface area contributed by atoms with Gasteiger partial charge in [0.05, 0.1) is 4.88 Å². The topological polar surface area (TPSA) is 12.9 Å². The Morgan fingerprint density at radius 3 is 1.91 bits per heavy atom. The Morgan fingerprint density at radius 1 is 1.18 bits per heavy atom. The maximum Gasteiger partial charge on any atom is 0.228 e. The van der Waals surface area contributed by atoms with Crippen LogP contribution in [-0.2, 0) is 3.79 Å². The number of alkyl halides is 3. The summed E-state index contributed by atoms with van der Waals surface area (Å²) in [4.78, 5) is 4.02. The van der Waals surface area contributed by atoms with Crippen LogP contribution in [0.15, 0.2) is 0 Å². The highest BCUT2D eigenvalue weighted by molar-refractivity contribution is 7.17. The molecule has 0 aliphatic rings. The normalized spacial score (nSPS) is 12.1. The van der Waals surface area contributed by atoms with E-state index in [-0.39, 0.29) is 9.62 Å². The minimum absolute atomic E-state index is 0.139. The zero-order chi connectivity index (χ0) is 8.65. The third kappa shape index (κ3) is 2.51. The van der Waals surface area contributed by atoms with Crippen LogP contribution < -0.4 is 0 Å². The molecule has 0 radical (unpaired) electrons. The van der Waals surface area contributed by atoms with E-state index in [1.165, 1.54) is 0 Å². The SMILES string of the molecule is Clc1nc(Cl)c(C(Cl)(Cl)Cl)s1. The fraction of sp³-hybridized carbons (Fsp3) is 0.250. The molecule has 1 heterocycles. The summed E-state index contributed by atoms with van der Waals surface area (Å²) < 4.78 is -1.28. The Labute approximate surface area is 92.2 Å². The first-order valence-corrected chi connectivity index (χ1v) is 5.01. The van der Waals surface area contributed by atoms with Crippen LogP contribution in [0.4, 0.5) is 0 Å². The van der Waals surface area contributed by atoms with Crippen molar-refractivity contribution in [3.8, 4) is 0 Å². The summed E-state index contributed by atoms with van der Waals surface area (Å²) >= 11 is 28.8. The lowest BCUT2D eigenvalue weighted by Gasteiger charge is -2.06. The van der Waals surface area contributed by atoms with Crippen LogP contribution in [0.1, 0.15) is 4.88 Å². The van der Waals surface area contributed by atoms with E-state index in [0.717, 1.165) is 11.3 Å². The van der Waals surface area contributed by atoms with Crippen molar-refractivity contribution in [2.45, 2.75) is 3.79 Å². The third-order valence-corrected chi connectivity index (χ3v) is 3.39. The van der Waals surface area contributed by atoms with Gasteiger partial charge in [-0.05, 0) is 0 Å². The number of hydrogen-bond acceptors (Lipinski definition) is 2. The maximum atomic E-state index is 5.59. The van der Waals surface area contributed by atoms with Crippen LogP contribution in [-0.4, -0.2) is 4.98 Å². The third-order valence-electron chi connectivity index (χ3n) is 0.817. The van der Waals surface area contributed by atoms with E-state index in [0.29, 0.717) is 4.88 Å². The molecule has 11 heavy (non-hydrogen) atoms. The minimum atomic E-state index is -1.54. The summed E-state index contributed by atoms with van der Waals surface area (Å²) in [5.41, 5.74) is 0. The average molecular weight is 271 g/mol. The molecule has 62 valence electrons. The van der Waals surface area contributed by atoms with Crippen LogP contribution in [0, 0.1) is 0 Å². The lowest BCUT2D eigenvalue weighted by molar-refractivity contribution is 1.27. The second-order valence-electron chi connectivity index (χ2n) is 1.58. The number of halogens is 5. The molecule has 1 aromatic rings. The number of aromatic nitrogens is 1. The first-order chi connectivity index (χ1) is 4.91. The summed E-state index contributed by atoms with van der Waals surface area (Å²) in [5.74, 6) is 0. The van der Waals surface area contributed by atoms with E-state index in [9.17, 15) is 0 Å². The zero-order valence-corrected chi connectivity index (χ0v) is 9.34. The van der Waals surface area contributed by atoms with Gasteiger partial charge in [0.2, 0.25) is 3.79 Å². The molecule has 0 saturated carbocycles. The number of thiazole rings is 1.